The molecule has 3 aromatic rings. The van der Waals surface area contributed by atoms with Gasteiger partial charge in [0.2, 0.25) is 5.91 Å². The summed E-state index contributed by atoms with van der Waals surface area (Å²) < 4.78 is 1.28. The fraction of sp³-hybridized carbons (Fsp3) is 0.250. The van der Waals surface area contributed by atoms with Crippen LogP contribution in [0.3, 0.4) is 0 Å². The molecule has 2 N–H and O–H groups in total. The van der Waals surface area contributed by atoms with E-state index in [-0.39, 0.29) is 24.6 Å². The lowest BCUT2D eigenvalue weighted by Crippen LogP contribution is -2.41. The Labute approximate surface area is 150 Å². The van der Waals surface area contributed by atoms with E-state index in [1.165, 1.54) is 10.9 Å². The zero-order chi connectivity index (χ0) is 18.1. The summed E-state index contributed by atoms with van der Waals surface area (Å²) >= 11 is 0. The van der Waals surface area contributed by atoms with E-state index in [0.717, 1.165) is 17.5 Å². The van der Waals surface area contributed by atoms with Gasteiger partial charge in [-0.2, -0.15) is 0 Å². The van der Waals surface area contributed by atoms with Gasteiger partial charge < -0.3 is 10.4 Å². The number of hydrogen-bond acceptors (Lipinski definition) is 4. The fourth-order valence-corrected chi connectivity index (χ4v) is 3.53. The molecule has 0 saturated heterocycles. The van der Waals surface area contributed by atoms with Crippen LogP contribution in [0.1, 0.15) is 17.5 Å². The summed E-state index contributed by atoms with van der Waals surface area (Å²) in [5.74, 6) is -0.331. The van der Waals surface area contributed by atoms with Crippen molar-refractivity contribution in [2.75, 3.05) is 6.54 Å². The second-order valence-corrected chi connectivity index (χ2v) is 6.66. The second kappa shape index (κ2) is 6.38. The predicted octanol–water partition coefficient (Wildman–Crippen LogP) is 1.35. The molecule has 1 amide bonds. The first-order valence-corrected chi connectivity index (χ1v) is 8.58. The van der Waals surface area contributed by atoms with Gasteiger partial charge in [-0.3, -0.25) is 14.2 Å². The van der Waals surface area contributed by atoms with Gasteiger partial charge in [0.25, 0.3) is 5.56 Å². The van der Waals surface area contributed by atoms with Gasteiger partial charge in [0.15, 0.2) is 0 Å². The molecule has 0 fully saturated rings. The molecule has 1 aliphatic rings. The number of carbonyl (C=O) groups excluding carboxylic acids is 1. The smallest absolute Gasteiger partial charge is 0.261 e. The van der Waals surface area contributed by atoms with E-state index in [9.17, 15) is 14.7 Å². The highest BCUT2D eigenvalue weighted by atomic mass is 16.3. The van der Waals surface area contributed by atoms with Crippen LogP contribution in [-0.2, 0) is 23.4 Å². The zero-order valence-electron chi connectivity index (χ0n) is 14.2. The number of para-hydroxylation sites is 1. The van der Waals surface area contributed by atoms with Crippen LogP contribution < -0.4 is 10.9 Å². The van der Waals surface area contributed by atoms with Gasteiger partial charge in [-0.15, -0.1) is 0 Å². The first kappa shape index (κ1) is 16.5. The number of nitrogens with zero attached hydrogens (tertiary/aromatic N) is 2. The van der Waals surface area contributed by atoms with Crippen LogP contribution in [0.4, 0.5) is 0 Å². The van der Waals surface area contributed by atoms with Crippen LogP contribution in [0.25, 0.3) is 10.9 Å². The normalized spacial score (nSPS) is 18.7. The van der Waals surface area contributed by atoms with E-state index >= 15 is 0 Å². The monoisotopic (exact) mass is 349 g/mol. The number of amides is 1. The van der Waals surface area contributed by atoms with Gasteiger partial charge in [0, 0.05) is 0 Å². The minimum absolute atomic E-state index is 0.124. The van der Waals surface area contributed by atoms with Crippen LogP contribution in [0.2, 0.25) is 0 Å². The molecule has 26 heavy (non-hydrogen) atoms. The molecular weight excluding hydrogens is 330 g/mol. The van der Waals surface area contributed by atoms with E-state index in [1.807, 2.05) is 30.3 Å². The van der Waals surface area contributed by atoms with Crippen LogP contribution in [0.5, 0.6) is 0 Å². The molecule has 1 unspecified atom stereocenters. The number of aliphatic hydroxyl groups is 1. The van der Waals surface area contributed by atoms with E-state index in [1.54, 1.807) is 18.2 Å². The molecule has 1 aliphatic carbocycles. The molecule has 0 saturated carbocycles. The van der Waals surface area contributed by atoms with Crippen LogP contribution >= 0.6 is 0 Å². The Kier molecular flexibility index (Phi) is 4.05. The lowest BCUT2D eigenvalue weighted by molar-refractivity contribution is -0.123. The topological polar surface area (TPSA) is 84.2 Å². The average Bonchev–Trinajstić information content (AvgIpc) is 3.00. The third kappa shape index (κ3) is 2.88. The quantitative estimate of drug-likeness (QED) is 0.745. The van der Waals surface area contributed by atoms with Gasteiger partial charge in [-0.05, 0) is 36.1 Å². The van der Waals surface area contributed by atoms with Crippen molar-refractivity contribution in [3.63, 3.8) is 0 Å². The van der Waals surface area contributed by atoms with Crippen molar-refractivity contribution >= 4 is 16.8 Å². The molecule has 1 heterocycles. The third-order valence-corrected chi connectivity index (χ3v) is 4.95. The molecular formula is C20H19N3O3. The van der Waals surface area contributed by atoms with Crippen molar-refractivity contribution in [1.82, 2.24) is 14.9 Å². The number of rotatable bonds is 4. The molecule has 6 heteroatoms. The minimum atomic E-state index is -1.06. The van der Waals surface area contributed by atoms with Gasteiger partial charge in [-0.25, -0.2) is 4.98 Å². The van der Waals surface area contributed by atoms with Crippen molar-refractivity contribution in [2.45, 2.75) is 25.0 Å². The van der Waals surface area contributed by atoms with E-state index in [0.29, 0.717) is 17.3 Å². The summed E-state index contributed by atoms with van der Waals surface area (Å²) in [5, 5.41) is 14.1. The van der Waals surface area contributed by atoms with Crippen molar-refractivity contribution in [3.05, 3.63) is 76.3 Å². The highest BCUT2D eigenvalue weighted by Crippen LogP contribution is 2.36. The highest BCUT2D eigenvalue weighted by molar-refractivity contribution is 5.78. The van der Waals surface area contributed by atoms with Gasteiger partial charge in [-0.1, -0.05) is 36.4 Å². The summed E-state index contributed by atoms with van der Waals surface area (Å²) in [5.41, 5.74) is 1.27. The van der Waals surface area contributed by atoms with Crippen molar-refractivity contribution in [1.29, 1.82) is 0 Å². The predicted molar refractivity (Wildman–Crippen MR) is 97.7 cm³/mol. The Bertz CT molecular complexity index is 1040. The van der Waals surface area contributed by atoms with Gasteiger partial charge in [0.05, 0.1) is 23.8 Å². The number of aryl methyl sites for hydroxylation is 1. The molecule has 1 atom stereocenters. The summed E-state index contributed by atoms with van der Waals surface area (Å²) in [7, 11) is 0. The molecule has 132 valence electrons. The third-order valence-electron chi connectivity index (χ3n) is 4.95. The SMILES string of the molecule is O=C(Cn1cnc2ccccc2c1=O)NCC1(O)CCc2ccccc21. The standard InChI is InChI=1S/C20H19N3O3/c24-18(11-23-13-22-17-8-4-2-6-15(17)19(23)25)21-12-20(26)10-9-14-5-1-3-7-16(14)20/h1-8,13,26H,9-12H2,(H,21,24). The van der Waals surface area contributed by atoms with Crippen LogP contribution in [0, 0.1) is 0 Å². The van der Waals surface area contributed by atoms with Crippen LogP contribution in [-0.4, -0.2) is 27.1 Å². The first-order chi connectivity index (χ1) is 12.6. The molecule has 0 radical (unpaired) electrons. The number of nitrogens with one attached hydrogen (secondary N) is 1. The minimum Gasteiger partial charge on any atom is -0.383 e. The Morgan fingerprint density at radius 1 is 1.19 bits per heavy atom. The molecule has 0 aliphatic heterocycles. The molecule has 0 bridgehead atoms. The maximum absolute atomic E-state index is 12.4. The number of carbonyl (C=O) groups is 1. The Balaban J connectivity index is 1.47. The maximum atomic E-state index is 12.4. The lowest BCUT2D eigenvalue weighted by atomic mass is 9.96. The van der Waals surface area contributed by atoms with Crippen molar-refractivity contribution < 1.29 is 9.90 Å². The highest BCUT2D eigenvalue weighted by Gasteiger charge is 2.36. The molecule has 2 aromatic carbocycles. The average molecular weight is 349 g/mol. The van der Waals surface area contributed by atoms with E-state index in [2.05, 4.69) is 10.3 Å². The summed E-state index contributed by atoms with van der Waals surface area (Å²) in [6.45, 7) is -0.00694. The number of aromatic nitrogens is 2. The van der Waals surface area contributed by atoms with Crippen molar-refractivity contribution in [2.24, 2.45) is 0 Å². The second-order valence-electron chi connectivity index (χ2n) is 6.66. The Morgan fingerprint density at radius 3 is 2.85 bits per heavy atom. The van der Waals surface area contributed by atoms with E-state index in [4.69, 9.17) is 0 Å². The molecule has 6 nitrogen and oxygen atoms in total. The van der Waals surface area contributed by atoms with Crippen molar-refractivity contribution in [3.8, 4) is 0 Å². The lowest BCUT2D eigenvalue weighted by Gasteiger charge is -2.24. The number of fused-ring (bicyclic) bond motifs is 2. The van der Waals surface area contributed by atoms with Crippen LogP contribution in [0.15, 0.2) is 59.7 Å². The fourth-order valence-electron chi connectivity index (χ4n) is 3.53. The first-order valence-electron chi connectivity index (χ1n) is 8.58. The Hall–Kier alpha value is -2.99. The molecule has 1 aromatic heterocycles. The summed E-state index contributed by atoms with van der Waals surface area (Å²) in [6.07, 6.45) is 2.74. The summed E-state index contributed by atoms with van der Waals surface area (Å²) in [6, 6.07) is 14.8. The summed E-state index contributed by atoms with van der Waals surface area (Å²) in [4.78, 5) is 29.0. The number of benzene rings is 2. The van der Waals surface area contributed by atoms with Gasteiger partial charge in [0.1, 0.15) is 12.1 Å². The Morgan fingerprint density at radius 2 is 1.96 bits per heavy atom. The molecule has 0 spiro atoms. The maximum Gasteiger partial charge on any atom is 0.261 e. The van der Waals surface area contributed by atoms with Gasteiger partial charge >= 0.3 is 0 Å². The van der Waals surface area contributed by atoms with E-state index < -0.39 is 5.60 Å². The molecule has 4 rings (SSSR count). The largest absolute Gasteiger partial charge is 0.383 e. The number of hydrogen-bond donors (Lipinski definition) is 2. The zero-order valence-corrected chi connectivity index (χ0v) is 14.2.